The van der Waals surface area contributed by atoms with E-state index in [4.69, 9.17) is 9.52 Å². The van der Waals surface area contributed by atoms with Crippen molar-refractivity contribution in [1.29, 1.82) is 0 Å². The Kier molecular flexibility index (Phi) is 6.00. The average molecular weight is 484 g/mol. The minimum atomic E-state index is -4.97. The molecule has 0 spiro atoms. The van der Waals surface area contributed by atoms with Crippen molar-refractivity contribution >= 4 is 35.3 Å². The van der Waals surface area contributed by atoms with E-state index in [9.17, 15) is 27.6 Å². The van der Waals surface area contributed by atoms with Gasteiger partial charge in [-0.1, -0.05) is 18.2 Å². The molecule has 0 saturated heterocycles. The molecule has 35 heavy (non-hydrogen) atoms. The monoisotopic (exact) mass is 484 g/mol. The third-order valence-electron chi connectivity index (χ3n) is 4.97. The molecule has 0 bridgehead atoms. The molecular weight excluding hydrogens is 469 g/mol. The summed E-state index contributed by atoms with van der Waals surface area (Å²) >= 11 is 0. The zero-order valence-corrected chi connectivity index (χ0v) is 17.9. The van der Waals surface area contributed by atoms with Gasteiger partial charge in [0.25, 0.3) is 5.91 Å². The van der Waals surface area contributed by atoms with Crippen LogP contribution in [0.25, 0.3) is 17.4 Å². The number of aromatic carboxylic acids is 1. The van der Waals surface area contributed by atoms with E-state index in [1.54, 1.807) is 12.1 Å². The van der Waals surface area contributed by atoms with Gasteiger partial charge in [-0.2, -0.15) is 23.3 Å². The predicted molar refractivity (Wildman–Crippen MR) is 118 cm³/mol. The summed E-state index contributed by atoms with van der Waals surface area (Å²) in [5.41, 5.74) is -1.87. The molecule has 1 aromatic heterocycles. The Hall–Kier alpha value is -4.67. The second kappa shape index (κ2) is 8.93. The second-order valence-electron chi connectivity index (χ2n) is 7.25. The number of carboxylic acid groups (broad SMARTS) is 1. The van der Waals surface area contributed by atoms with Gasteiger partial charge in [0.2, 0.25) is 0 Å². The molecule has 2 heterocycles. The maximum Gasteiger partial charge on any atom is 0.435 e. The fraction of sp³-hybridized carbons (Fsp3) is 0.0833. The highest BCUT2D eigenvalue weighted by molar-refractivity contribution is 6.34. The number of carbonyl (C=O) groups excluding carboxylic acids is 2. The third-order valence-corrected chi connectivity index (χ3v) is 4.97. The van der Waals surface area contributed by atoms with Gasteiger partial charge >= 0.3 is 18.1 Å². The smallest absolute Gasteiger partial charge is 0.435 e. The molecular formula is C24H15F3N2O6. The summed E-state index contributed by atoms with van der Waals surface area (Å²) in [6.07, 6.45) is -4.06. The molecule has 178 valence electrons. The molecule has 0 radical (unpaired) electrons. The molecule has 0 unspecified atom stereocenters. The van der Waals surface area contributed by atoms with Crippen molar-refractivity contribution in [1.82, 2.24) is 0 Å². The number of alkyl halides is 3. The number of anilines is 1. The molecule has 0 saturated carbocycles. The van der Waals surface area contributed by atoms with E-state index in [2.05, 4.69) is 9.84 Å². The van der Waals surface area contributed by atoms with E-state index in [-0.39, 0.29) is 28.3 Å². The lowest BCUT2D eigenvalue weighted by Crippen LogP contribution is -2.25. The number of nitrogens with zero attached hydrogens (tertiary/aromatic N) is 2. The van der Waals surface area contributed by atoms with Crippen LogP contribution in [0.15, 0.2) is 75.8 Å². The number of furan rings is 1. The first-order valence-corrected chi connectivity index (χ1v) is 9.93. The fourth-order valence-electron chi connectivity index (χ4n) is 3.34. The Morgan fingerprint density at radius 3 is 2.46 bits per heavy atom. The van der Waals surface area contributed by atoms with Gasteiger partial charge < -0.3 is 14.3 Å². The molecule has 1 amide bonds. The lowest BCUT2D eigenvalue weighted by Gasteiger charge is -2.11. The van der Waals surface area contributed by atoms with Crippen LogP contribution < -0.4 is 5.01 Å². The number of halogens is 3. The Morgan fingerprint density at radius 2 is 1.77 bits per heavy atom. The lowest BCUT2D eigenvalue weighted by molar-refractivity contribution is -0.114. The van der Waals surface area contributed by atoms with E-state index < -0.39 is 35.3 Å². The Bertz CT molecular complexity index is 1400. The van der Waals surface area contributed by atoms with E-state index in [0.717, 1.165) is 12.1 Å². The molecule has 0 atom stereocenters. The van der Waals surface area contributed by atoms with Crippen LogP contribution in [0.5, 0.6) is 0 Å². The maximum absolute atomic E-state index is 13.7. The molecule has 11 heteroatoms. The number of hydrogen-bond acceptors (Lipinski definition) is 6. The standard InChI is InChI=1S/C24H15F3N2O6/c1-34-23(33)15-6-2-4-13(10-15)19-9-8-17(35-19)12-18-20(24(25,26)27)28-29(21(18)30)16-7-3-5-14(11-16)22(31)32/h2-12H,1H3,(H,31,32)/b18-12+. The summed E-state index contributed by atoms with van der Waals surface area (Å²) in [4.78, 5) is 35.8. The van der Waals surface area contributed by atoms with Crippen molar-refractivity contribution in [3.8, 4) is 11.3 Å². The van der Waals surface area contributed by atoms with E-state index >= 15 is 0 Å². The average Bonchev–Trinajstić information content (AvgIpc) is 3.44. The van der Waals surface area contributed by atoms with Crippen LogP contribution in [-0.2, 0) is 9.53 Å². The number of ether oxygens (including phenoxy) is 1. The lowest BCUT2D eigenvalue weighted by atomic mass is 10.1. The molecule has 0 fully saturated rings. The number of hydrogen-bond donors (Lipinski definition) is 1. The van der Waals surface area contributed by atoms with Gasteiger partial charge in [0.1, 0.15) is 11.5 Å². The maximum atomic E-state index is 13.7. The van der Waals surface area contributed by atoms with Gasteiger partial charge in [0.15, 0.2) is 5.71 Å². The Labute approximate surface area is 195 Å². The van der Waals surface area contributed by atoms with Crippen LogP contribution in [0.4, 0.5) is 18.9 Å². The van der Waals surface area contributed by atoms with Crippen molar-refractivity contribution in [3.05, 3.63) is 83.1 Å². The van der Waals surface area contributed by atoms with Crippen LogP contribution in [0, 0.1) is 0 Å². The molecule has 3 aromatic rings. The number of amides is 1. The summed E-state index contributed by atoms with van der Waals surface area (Å²) < 4.78 is 51.3. The minimum absolute atomic E-state index is 0.0649. The largest absolute Gasteiger partial charge is 0.478 e. The highest BCUT2D eigenvalue weighted by Crippen LogP contribution is 2.34. The van der Waals surface area contributed by atoms with E-state index in [1.807, 2.05) is 0 Å². The number of rotatable bonds is 5. The van der Waals surface area contributed by atoms with Gasteiger partial charge in [-0.25, -0.2) is 9.59 Å². The summed E-state index contributed by atoms with van der Waals surface area (Å²) in [5.74, 6) is -2.82. The third kappa shape index (κ3) is 4.69. The normalized spacial score (nSPS) is 14.9. The highest BCUT2D eigenvalue weighted by atomic mass is 19.4. The van der Waals surface area contributed by atoms with Gasteiger partial charge in [0.05, 0.1) is 29.5 Å². The number of methoxy groups -OCH3 is 1. The van der Waals surface area contributed by atoms with Crippen LogP contribution in [0.2, 0.25) is 0 Å². The fourth-order valence-corrected chi connectivity index (χ4v) is 3.34. The number of carbonyl (C=O) groups is 3. The van der Waals surface area contributed by atoms with Gasteiger partial charge in [-0.05, 0) is 48.5 Å². The number of benzene rings is 2. The summed E-state index contributed by atoms with van der Waals surface area (Å²) in [6.45, 7) is 0. The zero-order valence-electron chi connectivity index (χ0n) is 17.9. The molecule has 1 aliphatic heterocycles. The van der Waals surface area contributed by atoms with Gasteiger partial charge in [-0.3, -0.25) is 4.79 Å². The van der Waals surface area contributed by atoms with Crippen LogP contribution in [-0.4, -0.2) is 42.0 Å². The van der Waals surface area contributed by atoms with Crippen molar-refractivity contribution < 1.29 is 41.8 Å². The summed E-state index contributed by atoms with van der Waals surface area (Å²) in [7, 11) is 1.23. The molecule has 8 nitrogen and oxygen atoms in total. The van der Waals surface area contributed by atoms with Gasteiger partial charge in [-0.15, -0.1) is 0 Å². The van der Waals surface area contributed by atoms with Crippen LogP contribution in [0.3, 0.4) is 0 Å². The predicted octanol–water partition coefficient (Wildman–Crippen LogP) is 4.78. The SMILES string of the molecule is COC(=O)c1cccc(-c2ccc(/C=C3/C(=O)N(c4cccc(C(=O)O)c4)N=C3C(F)(F)F)o2)c1. The molecule has 2 aromatic carbocycles. The molecule has 0 aliphatic carbocycles. The van der Waals surface area contributed by atoms with Gasteiger partial charge in [0, 0.05) is 5.56 Å². The first-order chi connectivity index (χ1) is 16.6. The number of carboxylic acids is 1. The molecule has 1 aliphatic rings. The summed E-state index contributed by atoms with van der Waals surface area (Å²) in [5, 5.41) is 13.0. The number of hydrazone groups is 1. The van der Waals surface area contributed by atoms with E-state index in [0.29, 0.717) is 10.6 Å². The number of esters is 1. The van der Waals surface area contributed by atoms with Crippen molar-refractivity contribution in [2.75, 3.05) is 12.1 Å². The van der Waals surface area contributed by atoms with Crippen molar-refractivity contribution in [2.45, 2.75) is 6.18 Å². The van der Waals surface area contributed by atoms with Crippen LogP contribution in [0.1, 0.15) is 26.5 Å². The minimum Gasteiger partial charge on any atom is -0.478 e. The zero-order chi connectivity index (χ0) is 25.3. The first-order valence-electron chi connectivity index (χ1n) is 9.93. The van der Waals surface area contributed by atoms with Crippen molar-refractivity contribution in [2.24, 2.45) is 5.10 Å². The van der Waals surface area contributed by atoms with Crippen LogP contribution >= 0.6 is 0 Å². The topological polar surface area (TPSA) is 109 Å². The quantitative estimate of drug-likeness (QED) is 0.412. The summed E-state index contributed by atoms with van der Waals surface area (Å²) in [6, 6.07) is 13.9. The second-order valence-corrected chi connectivity index (χ2v) is 7.25. The molecule has 4 rings (SSSR count). The first kappa shape index (κ1) is 23.5. The van der Waals surface area contributed by atoms with Crippen molar-refractivity contribution in [3.63, 3.8) is 0 Å². The highest BCUT2D eigenvalue weighted by Gasteiger charge is 2.47. The Morgan fingerprint density at radius 1 is 1.06 bits per heavy atom. The molecule has 1 N–H and O–H groups in total. The van der Waals surface area contributed by atoms with E-state index in [1.165, 1.54) is 49.6 Å². The Balaban J connectivity index is 1.70.